The van der Waals surface area contributed by atoms with Crippen LogP contribution in [0.15, 0.2) is 60.7 Å². The van der Waals surface area contributed by atoms with Gasteiger partial charge in [0.2, 0.25) is 0 Å². The van der Waals surface area contributed by atoms with Gasteiger partial charge < -0.3 is 29.6 Å². The Kier molecular flexibility index (Phi) is 11.8. The lowest BCUT2D eigenvalue weighted by molar-refractivity contribution is -0.121. The lowest BCUT2D eigenvalue weighted by Crippen LogP contribution is -2.57. The number of aryl methyl sites for hydroxylation is 1. The third kappa shape index (κ3) is 9.20. The Labute approximate surface area is 256 Å². The maximum absolute atomic E-state index is 6.41. The summed E-state index contributed by atoms with van der Waals surface area (Å²) in [5.74, 6) is 0.487. The lowest BCUT2D eigenvalue weighted by Gasteiger charge is -2.48. The van der Waals surface area contributed by atoms with Crippen LogP contribution in [-0.4, -0.2) is 93.1 Å². The molecule has 2 fully saturated rings. The van der Waals surface area contributed by atoms with Crippen molar-refractivity contribution in [1.29, 1.82) is 0 Å². The highest BCUT2D eigenvalue weighted by Crippen LogP contribution is 2.35. The third-order valence-corrected chi connectivity index (χ3v) is 8.43. The van der Waals surface area contributed by atoms with Crippen LogP contribution >= 0.6 is 0 Å². The van der Waals surface area contributed by atoms with E-state index in [2.05, 4.69) is 57.3 Å². The number of unbranched alkanes of at least 4 members (excludes halogenated alkanes) is 1. The number of ether oxygens (including phenoxy) is 4. The molecule has 0 amide bonds. The Balaban J connectivity index is 0.950. The zero-order chi connectivity index (χ0) is 29.7. The summed E-state index contributed by atoms with van der Waals surface area (Å²) in [6.07, 6.45) is 4.13. The van der Waals surface area contributed by atoms with Gasteiger partial charge in [0.25, 0.3) is 0 Å². The largest absolute Gasteiger partial charge is 0.380 e. The third-order valence-electron chi connectivity index (χ3n) is 8.43. The van der Waals surface area contributed by atoms with Crippen molar-refractivity contribution in [3.63, 3.8) is 0 Å². The Morgan fingerprint density at radius 1 is 0.837 bits per heavy atom. The number of nitrogens with two attached hydrogens (primary N) is 1. The number of nitrogens with zero attached hydrogens (tertiary/aromatic N) is 4. The van der Waals surface area contributed by atoms with E-state index in [0.717, 1.165) is 88.6 Å². The van der Waals surface area contributed by atoms with E-state index in [0.29, 0.717) is 38.9 Å². The number of hydrogen-bond donors (Lipinski definition) is 1. The fourth-order valence-corrected chi connectivity index (χ4v) is 5.95. The van der Waals surface area contributed by atoms with Gasteiger partial charge in [-0.05, 0) is 56.3 Å². The van der Waals surface area contributed by atoms with Crippen LogP contribution in [-0.2, 0) is 25.6 Å². The van der Waals surface area contributed by atoms with Crippen LogP contribution in [0.3, 0.4) is 0 Å². The van der Waals surface area contributed by atoms with Gasteiger partial charge in [-0.1, -0.05) is 54.6 Å². The van der Waals surface area contributed by atoms with Crippen LogP contribution in [0.2, 0.25) is 0 Å². The SMILES string of the molecule is Cc1ccccc1-c1cc(N2CCC3(CC2)CN(CCCCOCCOCCOCc2ccccc2)CCO3)c(N)nn1. The molecule has 0 atom stereocenters. The molecule has 0 saturated carbocycles. The van der Waals surface area contributed by atoms with Gasteiger partial charge in [0, 0.05) is 38.3 Å². The first kappa shape index (κ1) is 31.3. The molecule has 1 aromatic heterocycles. The highest BCUT2D eigenvalue weighted by Gasteiger charge is 2.40. The summed E-state index contributed by atoms with van der Waals surface area (Å²) in [4.78, 5) is 4.91. The molecule has 0 bridgehead atoms. The van der Waals surface area contributed by atoms with Crippen LogP contribution in [0.4, 0.5) is 11.5 Å². The van der Waals surface area contributed by atoms with Gasteiger partial charge in [0.05, 0.1) is 56.6 Å². The second kappa shape index (κ2) is 16.1. The van der Waals surface area contributed by atoms with E-state index < -0.39 is 0 Å². The van der Waals surface area contributed by atoms with Crippen LogP contribution in [0.25, 0.3) is 11.3 Å². The van der Waals surface area contributed by atoms with E-state index in [1.165, 1.54) is 11.1 Å². The number of benzene rings is 2. The average Bonchev–Trinajstić information content (AvgIpc) is 3.03. The average molecular weight is 590 g/mol. The molecule has 2 saturated heterocycles. The Morgan fingerprint density at radius 3 is 2.35 bits per heavy atom. The first-order valence-corrected chi connectivity index (χ1v) is 15.7. The molecule has 3 heterocycles. The molecule has 232 valence electrons. The van der Waals surface area contributed by atoms with Gasteiger partial charge in [0.1, 0.15) is 0 Å². The number of morpholine rings is 1. The number of nitrogen functional groups attached to an aromatic ring is 1. The summed E-state index contributed by atoms with van der Waals surface area (Å²) >= 11 is 0. The molecule has 9 heteroatoms. The minimum Gasteiger partial charge on any atom is -0.380 e. The van der Waals surface area contributed by atoms with Gasteiger partial charge in [-0.15, -0.1) is 10.2 Å². The predicted molar refractivity (Wildman–Crippen MR) is 170 cm³/mol. The van der Waals surface area contributed by atoms with Crippen molar-refractivity contribution in [3.8, 4) is 11.3 Å². The zero-order valence-corrected chi connectivity index (χ0v) is 25.6. The molecule has 1 spiro atoms. The Bertz CT molecular complexity index is 1250. The van der Waals surface area contributed by atoms with E-state index in [-0.39, 0.29) is 5.60 Å². The zero-order valence-electron chi connectivity index (χ0n) is 25.6. The second-order valence-corrected chi connectivity index (χ2v) is 11.6. The number of piperidine rings is 1. The molecule has 3 aromatic rings. The monoisotopic (exact) mass is 589 g/mol. The Hall–Kier alpha value is -3.08. The smallest absolute Gasteiger partial charge is 0.169 e. The van der Waals surface area contributed by atoms with Crippen molar-refractivity contribution >= 4 is 11.5 Å². The van der Waals surface area contributed by atoms with Crippen molar-refractivity contribution < 1.29 is 18.9 Å². The summed E-state index contributed by atoms with van der Waals surface area (Å²) < 4.78 is 23.5. The van der Waals surface area contributed by atoms with E-state index in [1.807, 2.05) is 30.3 Å². The van der Waals surface area contributed by atoms with E-state index in [9.17, 15) is 0 Å². The summed E-state index contributed by atoms with van der Waals surface area (Å²) in [5.41, 5.74) is 11.5. The normalized spacial score (nSPS) is 17.0. The first-order chi connectivity index (χ1) is 21.1. The Morgan fingerprint density at radius 2 is 1.56 bits per heavy atom. The molecule has 0 radical (unpaired) electrons. The maximum atomic E-state index is 6.41. The molecular formula is C34H47N5O4. The van der Waals surface area contributed by atoms with E-state index >= 15 is 0 Å². The number of anilines is 2. The summed E-state index contributed by atoms with van der Waals surface area (Å²) in [7, 11) is 0. The summed E-state index contributed by atoms with van der Waals surface area (Å²) in [6, 6.07) is 20.5. The topological polar surface area (TPSA) is 95.2 Å². The number of aromatic nitrogens is 2. The minimum atomic E-state index is -0.0819. The fourth-order valence-electron chi connectivity index (χ4n) is 5.95. The van der Waals surface area contributed by atoms with Gasteiger partial charge in [-0.3, -0.25) is 4.90 Å². The number of rotatable bonds is 15. The molecular weight excluding hydrogens is 542 g/mol. The van der Waals surface area contributed by atoms with E-state index in [4.69, 9.17) is 24.7 Å². The van der Waals surface area contributed by atoms with Crippen molar-refractivity contribution in [1.82, 2.24) is 15.1 Å². The van der Waals surface area contributed by atoms with Crippen molar-refractivity contribution in [2.75, 3.05) is 83.0 Å². The van der Waals surface area contributed by atoms with Gasteiger partial charge in [-0.2, -0.15) is 0 Å². The molecule has 0 aliphatic carbocycles. The van der Waals surface area contributed by atoms with Crippen LogP contribution < -0.4 is 10.6 Å². The molecule has 5 rings (SSSR count). The lowest BCUT2D eigenvalue weighted by atomic mass is 9.89. The van der Waals surface area contributed by atoms with Crippen LogP contribution in [0.5, 0.6) is 0 Å². The first-order valence-electron chi connectivity index (χ1n) is 15.7. The summed E-state index contributed by atoms with van der Waals surface area (Å²) in [5, 5.41) is 8.69. The minimum absolute atomic E-state index is 0.0819. The van der Waals surface area contributed by atoms with Crippen molar-refractivity contribution in [2.45, 2.75) is 44.8 Å². The van der Waals surface area contributed by atoms with Gasteiger partial charge in [-0.25, -0.2) is 0 Å². The van der Waals surface area contributed by atoms with Gasteiger partial charge >= 0.3 is 0 Å². The highest BCUT2D eigenvalue weighted by molar-refractivity contribution is 5.72. The van der Waals surface area contributed by atoms with Gasteiger partial charge in [0.15, 0.2) is 5.82 Å². The van der Waals surface area contributed by atoms with Crippen LogP contribution in [0, 0.1) is 6.92 Å². The van der Waals surface area contributed by atoms with Crippen molar-refractivity contribution in [2.24, 2.45) is 0 Å². The van der Waals surface area contributed by atoms with Crippen LogP contribution in [0.1, 0.15) is 36.8 Å². The quantitative estimate of drug-likeness (QED) is 0.252. The molecule has 2 aromatic carbocycles. The second-order valence-electron chi connectivity index (χ2n) is 11.6. The molecule has 2 aliphatic heterocycles. The molecule has 2 aliphatic rings. The van der Waals surface area contributed by atoms with E-state index in [1.54, 1.807) is 0 Å². The highest BCUT2D eigenvalue weighted by atomic mass is 16.5. The molecule has 43 heavy (non-hydrogen) atoms. The molecule has 9 nitrogen and oxygen atoms in total. The molecule has 2 N–H and O–H groups in total. The predicted octanol–water partition coefficient (Wildman–Crippen LogP) is 4.74. The van der Waals surface area contributed by atoms with Crippen molar-refractivity contribution in [3.05, 3.63) is 71.8 Å². The summed E-state index contributed by atoms with van der Waals surface area (Å²) in [6.45, 7) is 11.5. The maximum Gasteiger partial charge on any atom is 0.169 e. The fraction of sp³-hybridized carbons (Fsp3) is 0.529. The molecule has 0 unspecified atom stereocenters. The number of hydrogen-bond acceptors (Lipinski definition) is 9. The standard InChI is InChI=1S/C34H47N5O4/c1-28-9-5-6-12-30(28)31-25-32(33(35)37-36-31)39-16-13-34(14-17-39)27-38(18-20-43-34)15-7-8-19-40-21-22-41-23-24-42-26-29-10-3-2-4-11-29/h2-6,9-12,25H,7-8,13-24,26-27H2,1H3,(H2,35,37).